The second-order valence-electron chi connectivity index (χ2n) is 3.22. The van der Waals surface area contributed by atoms with Crippen molar-refractivity contribution in [1.29, 1.82) is 0 Å². The van der Waals surface area contributed by atoms with E-state index in [2.05, 4.69) is 9.47 Å². The van der Waals surface area contributed by atoms with Gasteiger partial charge in [0.1, 0.15) is 6.10 Å². The molecule has 0 aromatic carbocycles. The van der Waals surface area contributed by atoms with Gasteiger partial charge >= 0.3 is 11.9 Å². The molecule has 3 atom stereocenters. The lowest BCUT2D eigenvalue weighted by atomic mass is 10.1. The number of rotatable bonds is 7. The molecule has 0 aliphatic rings. The first-order valence-electron chi connectivity index (χ1n) is 4.81. The van der Waals surface area contributed by atoms with Crippen LogP contribution >= 0.6 is 0 Å². The average molecular weight is 246 g/mol. The maximum atomic E-state index is 10.8. The van der Waals surface area contributed by atoms with Crippen LogP contribution in [0.3, 0.4) is 0 Å². The number of hydrogen-bond donors (Lipinski definition) is 0. The van der Waals surface area contributed by atoms with E-state index in [-0.39, 0.29) is 6.47 Å². The minimum atomic E-state index is -1.31. The molecule has 0 heterocycles. The van der Waals surface area contributed by atoms with E-state index >= 15 is 0 Å². The summed E-state index contributed by atoms with van der Waals surface area (Å²) in [6.07, 6.45) is -3.09. The third kappa shape index (κ3) is 5.64. The molecule has 7 nitrogen and oxygen atoms in total. The zero-order valence-electron chi connectivity index (χ0n) is 9.74. The molecule has 0 aromatic rings. The molecule has 0 radical (unpaired) electrons. The van der Waals surface area contributed by atoms with Crippen LogP contribution in [0.1, 0.15) is 20.8 Å². The number of aldehydes is 1. The van der Waals surface area contributed by atoms with E-state index in [1.54, 1.807) is 0 Å². The fraction of sp³-hybridized carbons (Fsp3) is 0.600. The average Bonchev–Trinajstić information content (AvgIpc) is 2.22. The van der Waals surface area contributed by atoms with Gasteiger partial charge in [0.25, 0.3) is 6.47 Å². The third-order valence-corrected chi connectivity index (χ3v) is 1.79. The molecule has 0 bridgehead atoms. The van der Waals surface area contributed by atoms with Crippen LogP contribution in [0.4, 0.5) is 0 Å². The lowest BCUT2D eigenvalue weighted by Crippen LogP contribution is -2.43. The molecule has 17 heavy (non-hydrogen) atoms. The normalized spacial score (nSPS) is 15.0. The summed E-state index contributed by atoms with van der Waals surface area (Å²) in [6.45, 7) is 3.78. The molecule has 96 valence electrons. The standard InChI is InChI=1S/C10H14O7/c1-6(15-5-12)10(17-8(3)14)9(4-11)16-7(2)13/h4-6,9-10H,1-3H3/t6-,9-,10-/m0/s1. The first-order chi connectivity index (χ1) is 7.92. The summed E-state index contributed by atoms with van der Waals surface area (Å²) >= 11 is 0. The van der Waals surface area contributed by atoms with E-state index in [0.29, 0.717) is 6.29 Å². The molecule has 0 unspecified atom stereocenters. The summed E-state index contributed by atoms with van der Waals surface area (Å²) < 4.78 is 14.0. The smallest absolute Gasteiger partial charge is 0.303 e. The summed E-state index contributed by atoms with van der Waals surface area (Å²) in [7, 11) is 0. The maximum Gasteiger partial charge on any atom is 0.303 e. The topological polar surface area (TPSA) is 96.0 Å². The second kappa shape index (κ2) is 7.37. The van der Waals surface area contributed by atoms with E-state index in [1.165, 1.54) is 6.92 Å². The van der Waals surface area contributed by atoms with Crippen molar-refractivity contribution in [3.63, 3.8) is 0 Å². The van der Waals surface area contributed by atoms with Gasteiger partial charge in [0.15, 0.2) is 18.5 Å². The Labute approximate surface area is 98.0 Å². The van der Waals surface area contributed by atoms with E-state index in [9.17, 15) is 19.2 Å². The zero-order chi connectivity index (χ0) is 13.4. The second-order valence-corrected chi connectivity index (χ2v) is 3.22. The molecule has 0 aliphatic heterocycles. The Morgan fingerprint density at radius 2 is 1.59 bits per heavy atom. The van der Waals surface area contributed by atoms with Crippen LogP contribution in [0, 0.1) is 0 Å². The molecular weight excluding hydrogens is 232 g/mol. The predicted octanol–water partition coefficient (Wildman–Crippen LogP) is -0.390. The van der Waals surface area contributed by atoms with Crippen LogP contribution < -0.4 is 0 Å². The largest absolute Gasteiger partial charge is 0.461 e. The van der Waals surface area contributed by atoms with Crippen molar-refractivity contribution in [2.75, 3.05) is 0 Å². The number of carbonyl (C=O) groups is 4. The van der Waals surface area contributed by atoms with Crippen LogP contribution in [-0.2, 0) is 33.4 Å². The summed E-state index contributed by atoms with van der Waals surface area (Å²) in [5.74, 6) is -1.40. The Kier molecular flexibility index (Phi) is 6.54. The SMILES string of the molecule is CC(=O)O[C@@H]([C@H](C)OC=O)[C@H](C=O)OC(C)=O. The van der Waals surface area contributed by atoms with Crippen LogP contribution in [0.15, 0.2) is 0 Å². The van der Waals surface area contributed by atoms with Gasteiger partial charge in [-0.2, -0.15) is 0 Å². The zero-order valence-corrected chi connectivity index (χ0v) is 9.74. The first-order valence-corrected chi connectivity index (χ1v) is 4.81. The highest BCUT2D eigenvalue weighted by Gasteiger charge is 2.33. The Balaban J connectivity index is 4.83. The lowest BCUT2D eigenvalue weighted by Gasteiger charge is -2.26. The van der Waals surface area contributed by atoms with Crippen molar-refractivity contribution < 1.29 is 33.4 Å². The summed E-state index contributed by atoms with van der Waals surface area (Å²) in [6, 6.07) is 0. The minimum absolute atomic E-state index is 0.150. The van der Waals surface area contributed by atoms with Gasteiger partial charge in [-0.3, -0.25) is 19.2 Å². The Bertz CT molecular complexity index is 299. The molecular formula is C10H14O7. The van der Waals surface area contributed by atoms with Crippen LogP contribution in [-0.4, -0.2) is 43.0 Å². The Morgan fingerprint density at radius 1 is 1.06 bits per heavy atom. The molecule has 0 amide bonds. The third-order valence-electron chi connectivity index (χ3n) is 1.79. The van der Waals surface area contributed by atoms with Crippen molar-refractivity contribution in [3.8, 4) is 0 Å². The number of hydrogen-bond acceptors (Lipinski definition) is 7. The van der Waals surface area contributed by atoms with Gasteiger partial charge in [0.05, 0.1) is 0 Å². The quantitative estimate of drug-likeness (QED) is 0.343. The number of carbonyl (C=O) groups excluding carboxylic acids is 4. The molecule has 0 saturated heterocycles. The lowest BCUT2D eigenvalue weighted by molar-refractivity contribution is -0.178. The van der Waals surface area contributed by atoms with Crippen molar-refractivity contribution in [2.24, 2.45) is 0 Å². The highest BCUT2D eigenvalue weighted by Crippen LogP contribution is 2.11. The minimum Gasteiger partial charge on any atom is -0.461 e. The summed E-state index contributed by atoms with van der Waals surface area (Å²) in [4.78, 5) is 42.5. The van der Waals surface area contributed by atoms with Gasteiger partial charge in [0.2, 0.25) is 0 Å². The van der Waals surface area contributed by atoms with Crippen LogP contribution in [0.25, 0.3) is 0 Å². The summed E-state index contributed by atoms with van der Waals surface area (Å²) in [5.41, 5.74) is 0. The fourth-order valence-corrected chi connectivity index (χ4v) is 1.15. The van der Waals surface area contributed by atoms with Gasteiger partial charge < -0.3 is 14.2 Å². The highest BCUT2D eigenvalue weighted by atomic mass is 16.6. The van der Waals surface area contributed by atoms with Gasteiger partial charge in [-0.05, 0) is 6.92 Å². The number of ether oxygens (including phenoxy) is 3. The molecule has 0 spiro atoms. The molecule has 0 aromatic heterocycles. The van der Waals surface area contributed by atoms with E-state index < -0.39 is 30.3 Å². The van der Waals surface area contributed by atoms with Gasteiger partial charge in [-0.15, -0.1) is 0 Å². The Morgan fingerprint density at radius 3 is 1.94 bits per heavy atom. The first kappa shape index (κ1) is 15.1. The van der Waals surface area contributed by atoms with Crippen molar-refractivity contribution in [2.45, 2.75) is 39.1 Å². The molecule has 0 N–H and O–H groups in total. The van der Waals surface area contributed by atoms with Crippen molar-refractivity contribution >= 4 is 24.7 Å². The van der Waals surface area contributed by atoms with Gasteiger partial charge in [-0.1, -0.05) is 0 Å². The van der Waals surface area contributed by atoms with Crippen molar-refractivity contribution in [3.05, 3.63) is 0 Å². The molecule has 0 rings (SSSR count). The highest BCUT2D eigenvalue weighted by molar-refractivity contribution is 5.71. The molecule has 7 heteroatoms. The van der Waals surface area contributed by atoms with Gasteiger partial charge in [0, 0.05) is 13.8 Å². The van der Waals surface area contributed by atoms with Crippen LogP contribution in [0.2, 0.25) is 0 Å². The molecule has 0 fully saturated rings. The van der Waals surface area contributed by atoms with Crippen molar-refractivity contribution in [1.82, 2.24) is 0 Å². The number of esters is 2. The Hall–Kier alpha value is -1.92. The van der Waals surface area contributed by atoms with E-state index in [0.717, 1.165) is 13.8 Å². The summed E-state index contributed by atoms with van der Waals surface area (Å²) in [5, 5.41) is 0. The van der Waals surface area contributed by atoms with Crippen LogP contribution in [0.5, 0.6) is 0 Å². The molecule has 0 aliphatic carbocycles. The monoisotopic (exact) mass is 246 g/mol. The predicted molar refractivity (Wildman–Crippen MR) is 53.8 cm³/mol. The van der Waals surface area contributed by atoms with E-state index in [4.69, 9.17) is 4.74 Å². The van der Waals surface area contributed by atoms with Gasteiger partial charge in [-0.25, -0.2) is 0 Å². The van der Waals surface area contributed by atoms with E-state index in [1.807, 2.05) is 0 Å². The maximum absolute atomic E-state index is 10.8. The fourth-order valence-electron chi connectivity index (χ4n) is 1.15. The molecule has 0 saturated carbocycles.